The minimum Gasteiger partial charge on any atom is -0.389 e. The molecule has 17 heavy (non-hydrogen) atoms. The van der Waals surface area contributed by atoms with Gasteiger partial charge in [-0.2, -0.15) is 0 Å². The Morgan fingerprint density at radius 1 is 1.35 bits per heavy atom. The number of allylic oxidation sites excluding steroid dienone is 1. The van der Waals surface area contributed by atoms with Crippen molar-refractivity contribution in [3.63, 3.8) is 0 Å². The lowest BCUT2D eigenvalue weighted by Crippen LogP contribution is -2.11. The molecule has 0 fully saturated rings. The van der Waals surface area contributed by atoms with Gasteiger partial charge in [-0.05, 0) is 53.7 Å². The lowest BCUT2D eigenvalue weighted by atomic mass is 9.92. The molecule has 1 aromatic carbocycles. The maximum Gasteiger partial charge on any atom is 0.143 e. The molecule has 0 heterocycles. The van der Waals surface area contributed by atoms with E-state index < -0.39 is 17.7 Å². The molecule has 1 N–H and O–H groups in total. The van der Waals surface area contributed by atoms with Crippen molar-refractivity contribution in [1.82, 2.24) is 0 Å². The van der Waals surface area contributed by atoms with E-state index in [2.05, 4.69) is 15.9 Å². The largest absolute Gasteiger partial charge is 0.389 e. The lowest BCUT2D eigenvalue weighted by Gasteiger charge is -2.17. The van der Waals surface area contributed by atoms with Crippen LogP contribution < -0.4 is 0 Å². The number of aliphatic hydroxyl groups excluding tert-OH is 1. The highest BCUT2D eigenvalue weighted by molar-refractivity contribution is 9.10. The first-order valence-corrected chi connectivity index (χ1v) is 6.37. The third kappa shape index (κ3) is 2.93. The van der Waals surface area contributed by atoms with Crippen LogP contribution in [0.1, 0.15) is 24.8 Å². The number of rotatable bonds is 2. The first-order chi connectivity index (χ1) is 8.08. The Morgan fingerprint density at radius 3 is 2.82 bits per heavy atom. The maximum atomic E-state index is 13.7. The van der Waals surface area contributed by atoms with E-state index in [1.54, 1.807) is 6.08 Å². The Kier molecular flexibility index (Phi) is 3.94. The predicted octanol–water partition coefficient (Wildman–Crippen LogP) is 3.74. The van der Waals surface area contributed by atoms with Crippen LogP contribution in [0.25, 0.3) is 0 Å². The summed E-state index contributed by atoms with van der Waals surface area (Å²) in [7, 11) is 0. The summed E-state index contributed by atoms with van der Waals surface area (Å²) in [6.07, 6.45) is 3.86. The molecule has 1 aromatic rings. The Labute approximate surface area is 107 Å². The smallest absolute Gasteiger partial charge is 0.143 e. The van der Waals surface area contributed by atoms with Crippen LogP contribution in [0.5, 0.6) is 0 Å². The molecule has 1 nitrogen and oxygen atoms in total. The van der Waals surface area contributed by atoms with Gasteiger partial charge in [-0.25, -0.2) is 8.78 Å². The van der Waals surface area contributed by atoms with Gasteiger partial charge < -0.3 is 5.11 Å². The molecule has 1 aliphatic carbocycles. The molecule has 0 spiro atoms. The van der Waals surface area contributed by atoms with Crippen LogP contribution in [-0.2, 0) is 6.42 Å². The fourth-order valence-corrected chi connectivity index (χ4v) is 2.45. The molecule has 0 aliphatic heterocycles. The second-order valence-corrected chi connectivity index (χ2v) is 5.14. The fourth-order valence-electron chi connectivity index (χ4n) is 2.08. The minimum atomic E-state index is -0.550. The summed E-state index contributed by atoms with van der Waals surface area (Å²) in [4.78, 5) is 0. The van der Waals surface area contributed by atoms with Gasteiger partial charge in [0.25, 0.3) is 0 Å². The summed E-state index contributed by atoms with van der Waals surface area (Å²) in [6.45, 7) is 0. The van der Waals surface area contributed by atoms with E-state index in [0.717, 1.165) is 24.8 Å². The molecule has 1 unspecified atom stereocenters. The summed E-state index contributed by atoms with van der Waals surface area (Å²) in [5, 5.41) is 9.48. The van der Waals surface area contributed by atoms with Crippen molar-refractivity contribution in [3.8, 4) is 0 Å². The topological polar surface area (TPSA) is 20.2 Å². The van der Waals surface area contributed by atoms with E-state index in [1.165, 1.54) is 12.1 Å². The molecule has 92 valence electrons. The zero-order valence-electron chi connectivity index (χ0n) is 9.22. The van der Waals surface area contributed by atoms with Gasteiger partial charge in [0.15, 0.2) is 0 Å². The van der Waals surface area contributed by atoms with Crippen LogP contribution in [0, 0.1) is 11.6 Å². The van der Waals surface area contributed by atoms with Crippen LogP contribution in [-0.4, -0.2) is 11.2 Å². The van der Waals surface area contributed by atoms with Crippen molar-refractivity contribution in [3.05, 3.63) is 45.5 Å². The average molecular weight is 303 g/mol. The van der Waals surface area contributed by atoms with Crippen LogP contribution in [0.3, 0.4) is 0 Å². The molecular weight excluding hydrogens is 290 g/mol. The lowest BCUT2D eigenvalue weighted by molar-refractivity contribution is 0.201. The number of aliphatic hydroxyl groups is 1. The van der Waals surface area contributed by atoms with Crippen LogP contribution >= 0.6 is 15.9 Å². The van der Waals surface area contributed by atoms with Gasteiger partial charge in [0.2, 0.25) is 0 Å². The van der Waals surface area contributed by atoms with E-state index in [1.807, 2.05) is 0 Å². The zero-order chi connectivity index (χ0) is 12.4. The minimum absolute atomic E-state index is 0.0692. The van der Waals surface area contributed by atoms with Gasteiger partial charge in [0.05, 0.1) is 10.6 Å². The average Bonchev–Trinajstić information content (AvgIpc) is 2.30. The van der Waals surface area contributed by atoms with Crippen LogP contribution in [0.2, 0.25) is 0 Å². The number of hydrogen-bond donors (Lipinski definition) is 1. The second kappa shape index (κ2) is 5.27. The summed E-state index contributed by atoms with van der Waals surface area (Å²) in [5.74, 6) is -1.09. The predicted molar refractivity (Wildman–Crippen MR) is 65.7 cm³/mol. The van der Waals surface area contributed by atoms with Gasteiger partial charge in [-0.1, -0.05) is 11.6 Å². The van der Waals surface area contributed by atoms with Crippen molar-refractivity contribution in [2.45, 2.75) is 31.8 Å². The summed E-state index contributed by atoms with van der Waals surface area (Å²) < 4.78 is 27.5. The molecule has 1 aliphatic rings. The third-order valence-electron chi connectivity index (χ3n) is 2.97. The van der Waals surface area contributed by atoms with Crippen LogP contribution in [0.15, 0.2) is 28.3 Å². The normalized spacial score (nSPS) is 20.2. The Balaban J connectivity index is 2.27. The molecule has 2 rings (SSSR count). The van der Waals surface area contributed by atoms with E-state index in [-0.39, 0.29) is 16.5 Å². The highest BCUT2D eigenvalue weighted by atomic mass is 79.9. The quantitative estimate of drug-likeness (QED) is 0.652. The number of hydrogen-bond acceptors (Lipinski definition) is 1. The Bertz CT molecular complexity index is 457. The van der Waals surface area contributed by atoms with Gasteiger partial charge in [-0.3, -0.25) is 0 Å². The molecule has 0 amide bonds. The first-order valence-electron chi connectivity index (χ1n) is 5.58. The van der Waals surface area contributed by atoms with Crippen LogP contribution in [0.4, 0.5) is 8.78 Å². The molecule has 0 aromatic heterocycles. The van der Waals surface area contributed by atoms with Crippen molar-refractivity contribution in [2.24, 2.45) is 0 Å². The number of halogens is 3. The zero-order valence-corrected chi connectivity index (χ0v) is 10.8. The summed E-state index contributed by atoms with van der Waals surface area (Å²) >= 11 is 3.05. The maximum absolute atomic E-state index is 13.7. The monoisotopic (exact) mass is 302 g/mol. The van der Waals surface area contributed by atoms with Crippen molar-refractivity contribution < 1.29 is 13.9 Å². The third-order valence-corrected chi connectivity index (χ3v) is 3.58. The van der Waals surface area contributed by atoms with Gasteiger partial charge in [-0.15, -0.1) is 0 Å². The van der Waals surface area contributed by atoms with Crippen molar-refractivity contribution in [2.75, 3.05) is 0 Å². The molecule has 4 heteroatoms. The van der Waals surface area contributed by atoms with Gasteiger partial charge in [0.1, 0.15) is 11.6 Å². The van der Waals surface area contributed by atoms with E-state index >= 15 is 0 Å². The van der Waals surface area contributed by atoms with Crippen molar-refractivity contribution >= 4 is 15.9 Å². The van der Waals surface area contributed by atoms with Gasteiger partial charge in [0, 0.05) is 5.56 Å². The molecule has 0 saturated heterocycles. The molecule has 0 radical (unpaired) electrons. The first kappa shape index (κ1) is 12.7. The second-order valence-electron chi connectivity index (χ2n) is 4.28. The van der Waals surface area contributed by atoms with Crippen molar-refractivity contribution in [1.29, 1.82) is 0 Å². The Morgan fingerprint density at radius 2 is 2.12 bits per heavy atom. The molecule has 0 saturated carbocycles. The summed E-state index contributed by atoms with van der Waals surface area (Å²) in [5.41, 5.74) is 0.972. The molecule has 1 atom stereocenters. The fraction of sp³-hybridized carbons (Fsp3) is 0.385. The van der Waals surface area contributed by atoms with Gasteiger partial charge >= 0.3 is 0 Å². The highest BCUT2D eigenvalue weighted by Gasteiger charge is 2.17. The molecular formula is C13H13BrF2O. The molecule has 0 bridgehead atoms. The summed E-state index contributed by atoms with van der Waals surface area (Å²) in [6, 6.07) is 2.61. The van der Waals surface area contributed by atoms with E-state index in [0.29, 0.717) is 0 Å². The number of benzene rings is 1. The standard InChI is InChI=1S/C13H13BrF2O/c14-11-4-5-12(15)10(13(11)16)7-8-2-1-3-9(17)6-8/h4-6,9,17H,1-3,7H2. The van der Waals surface area contributed by atoms with E-state index in [9.17, 15) is 13.9 Å². The van der Waals surface area contributed by atoms with E-state index in [4.69, 9.17) is 0 Å². The highest BCUT2D eigenvalue weighted by Crippen LogP contribution is 2.27. The SMILES string of the molecule is OC1C=C(Cc2c(F)ccc(Br)c2F)CCC1. The Hall–Kier alpha value is -0.740.